The zero-order chi connectivity index (χ0) is 19.6. The molecule has 0 radical (unpaired) electrons. The van der Waals surface area contributed by atoms with Crippen molar-refractivity contribution < 1.29 is 14.3 Å². The van der Waals surface area contributed by atoms with Gasteiger partial charge in [0.15, 0.2) is 0 Å². The normalized spacial score (nSPS) is 15.5. The van der Waals surface area contributed by atoms with Crippen molar-refractivity contribution in [1.29, 1.82) is 5.26 Å². The van der Waals surface area contributed by atoms with Gasteiger partial charge in [0.1, 0.15) is 17.4 Å². The van der Waals surface area contributed by atoms with Gasteiger partial charge in [0, 0.05) is 11.8 Å². The molecule has 0 bridgehead atoms. The van der Waals surface area contributed by atoms with E-state index in [-0.39, 0.29) is 17.0 Å². The predicted molar refractivity (Wildman–Crippen MR) is 98.1 cm³/mol. The Bertz CT molecular complexity index is 1010. The molecule has 3 rings (SSSR count). The molecule has 1 aliphatic rings. The van der Waals surface area contributed by atoms with Crippen LogP contribution in [0.4, 0.5) is 0 Å². The number of nitrogens with two attached hydrogens (primary N) is 1. The number of nitrogens with one attached hydrogen (secondary N) is 1. The van der Waals surface area contributed by atoms with Crippen LogP contribution in [0.5, 0.6) is 5.75 Å². The topological polar surface area (TPSA) is 118 Å². The summed E-state index contributed by atoms with van der Waals surface area (Å²) in [6.07, 6.45) is 1.56. The van der Waals surface area contributed by atoms with E-state index >= 15 is 0 Å². The molecular formula is C20H19N3O4. The Morgan fingerprint density at radius 1 is 1.37 bits per heavy atom. The second kappa shape index (κ2) is 7.38. The lowest BCUT2D eigenvalue weighted by molar-refractivity contribution is 0.0600. The first-order chi connectivity index (χ1) is 13.0. The van der Waals surface area contributed by atoms with Crippen LogP contribution in [-0.2, 0) is 11.2 Å². The maximum Gasteiger partial charge on any atom is 0.337 e. The van der Waals surface area contributed by atoms with Crippen LogP contribution in [0.2, 0.25) is 0 Å². The van der Waals surface area contributed by atoms with E-state index < -0.39 is 11.9 Å². The fraction of sp³-hybridized carbons (Fsp3) is 0.250. The highest BCUT2D eigenvalue weighted by Gasteiger charge is 2.33. The predicted octanol–water partition coefficient (Wildman–Crippen LogP) is 2.33. The number of esters is 1. The number of ether oxygens (including phenoxy) is 2. The molecule has 27 heavy (non-hydrogen) atoms. The lowest BCUT2D eigenvalue weighted by atomic mass is 9.83. The molecule has 1 unspecified atom stereocenters. The average Bonchev–Trinajstić information content (AvgIpc) is 2.66. The zero-order valence-electron chi connectivity index (χ0n) is 15.0. The number of hydrogen-bond donors (Lipinski definition) is 2. The molecule has 2 aromatic rings. The molecule has 0 spiro atoms. The molecule has 1 aromatic carbocycles. The van der Waals surface area contributed by atoms with Crippen LogP contribution < -0.4 is 16.0 Å². The molecule has 7 nitrogen and oxygen atoms in total. The van der Waals surface area contributed by atoms with Crippen molar-refractivity contribution in [2.24, 2.45) is 5.73 Å². The third kappa shape index (κ3) is 3.29. The van der Waals surface area contributed by atoms with Gasteiger partial charge in [0.25, 0.3) is 5.56 Å². The van der Waals surface area contributed by atoms with E-state index in [4.69, 9.17) is 15.2 Å². The number of H-pyrrole nitrogens is 1. The molecule has 0 amide bonds. The summed E-state index contributed by atoms with van der Waals surface area (Å²) >= 11 is 0. The second-order valence-corrected chi connectivity index (χ2v) is 6.19. The first-order valence-electron chi connectivity index (χ1n) is 8.52. The minimum atomic E-state index is -0.676. The van der Waals surface area contributed by atoms with E-state index in [2.05, 4.69) is 4.98 Å². The molecule has 7 heteroatoms. The number of pyridine rings is 1. The van der Waals surface area contributed by atoms with E-state index in [0.29, 0.717) is 28.9 Å². The van der Waals surface area contributed by atoms with Crippen molar-refractivity contribution in [3.05, 3.63) is 74.5 Å². The highest BCUT2D eigenvalue weighted by molar-refractivity contribution is 5.89. The van der Waals surface area contributed by atoms with Gasteiger partial charge in [-0.1, -0.05) is 25.5 Å². The van der Waals surface area contributed by atoms with Crippen molar-refractivity contribution in [3.8, 4) is 11.8 Å². The summed E-state index contributed by atoms with van der Waals surface area (Å²) in [5.41, 5.74) is 7.88. The first-order valence-corrected chi connectivity index (χ1v) is 8.52. The van der Waals surface area contributed by atoms with Crippen LogP contribution in [0, 0.1) is 11.3 Å². The van der Waals surface area contributed by atoms with Gasteiger partial charge < -0.3 is 20.2 Å². The van der Waals surface area contributed by atoms with Crippen LogP contribution in [0.3, 0.4) is 0 Å². The number of hydrogen-bond acceptors (Lipinski definition) is 6. The number of carbonyl (C=O) groups excluding carboxylic acids is 1. The molecule has 3 N–H and O–H groups in total. The number of nitriles is 1. The maximum absolute atomic E-state index is 12.8. The molecule has 138 valence electrons. The number of rotatable bonds is 4. The Morgan fingerprint density at radius 2 is 2.07 bits per heavy atom. The van der Waals surface area contributed by atoms with Gasteiger partial charge in [-0.15, -0.1) is 0 Å². The fourth-order valence-electron chi connectivity index (χ4n) is 3.20. The average molecular weight is 365 g/mol. The number of fused-ring (bicyclic) bond motifs is 1. The van der Waals surface area contributed by atoms with E-state index in [1.165, 1.54) is 7.11 Å². The number of allylic oxidation sites excluding steroid dienone is 1. The quantitative estimate of drug-likeness (QED) is 0.803. The van der Waals surface area contributed by atoms with Crippen LogP contribution in [0.25, 0.3) is 0 Å². The van der Waals surface area contributed by atoms with Crippen LogP contribution in [-0.4, -0.2) is 18.1 Å². The van der Waals surface area contributed by atoms with Crippen LogP contribution >= 0.6 is 0 Å². The van der Waals surface area contributed by atoms with E-state index in [0.717, 1.165) is 12.1 Å². The number of aryl methyl sites for hydroxylation is 1. The Morgan fingerprint density at radius 3 is 2.67 bits per heavy atom. The van der Waals surface area contributed by atoms with E-state index in [1.54, 1.807) is 30.3 Å². The highest BCUT2D eigenvalue weighted by atomic mass is 16.5. The minimum absolute atomic E-state index is 0.0277. The standard InChI is InChI=1S/C20H19N3O4/c1-3-4-13-9-15-17(19(24)23-13)16(14(10-21)18(22)27-15)11-5-7-12(8-6-11)20(25)26-2/h5-9,16H,3-4,22H2,1-2H3,(H,23,24). The van der Waals surface area contributed by atoms with Gasteiger partial charge in [0.2, 0.25) is 5.88 Å². The molecule has 0 saturated carbocycles. The third-order valence-electron chi connectivity index (χ3n) is 4.46. The monoisotopic (exact) mass is 365 g/mol. The van der Waals surface area contributed by atoms with Gasteiger partial charge in [0.05, 0.1) is 24.2 Å². The van der Waals surface area contributed by atoms with Crippen molar-refractivity contribution >= 4 is 5.97 Å². The van der Waals surface area contributed by atoms with Crippen molar-refractivity contribution in [2.75, 3.05) is 7.11 Å². The number of carbonyl (C=O) groups is 1. The largest absolute Gasteiger partial charge is 0.465 e. The zero-order valence-corrected chi connectivity index (χ0v) is 15.0. The number of aromatic nitrogens is 1. The van der Waals surface area contributed by atoms with Crippen molar-refractivity contribution in [1.82, 2.24) is 4.98 Å². The second-order valence-electron chi connectivity index (χ2n) is 6.19. The summed E-state index contributed by atoms with van der Waals surface area (Å²) in [6, 6.07) is 10.3. The van der Waals surface area contributed by atoms with Crippen molar-refractivity contribution in [3.63, 3.8) is 0 Å². The summed E-state index contributed by atoms with van der Waals surface area (Å²) in [5.74, 6) is -0.822. The number of aromatic amines is 1. The number of benzene rings is 1. The molecule has 0 aliphatic carbocycles. The molecule has 0 fully saturated rings. The molecule has 1 aliphatic heterocycles. The van der Waals surface area contributed by atoms with Gasteiger partial charge >= 0.3 is 5.97 Å². The Hall–Kier alpha value is -3.53. The maximum atomic E-state index is 12.8. The number of nitrogens with zero attached hydrogens (tertiary/aromatic N) is 1. The van der Waals surface area contributed by atoms with Crippen molar-refractivity contribution in [2.45, 2.75) is 25.7 Å². The molecule has 1 aromatic heterocycles. The van der Waals surface area contributed by atoms with Gasteiger partial charge in [-0.25, -0.2) is 4.79 Å². The molecular weight excluding hydrogens is 346 g/mol. The van der Waals surface area contributed by atoms with Crippen LogP contribution in [0.1, 0.15) is 46.4 Å². The Kier molecular flexibility index (Phi) is 4.99. The summed E-state index contributed by atoms with van der Waals surface area (Å²) < 4.78 is 10.3. The molecule has 2 heterocycles. The fourth-order valence-corrected chi connectivity index (χ4v) is 3.20. The summed E-state index contributed by atoms with van der Waals surface area (Å²) in [6.45, 7) is 2.01. The third-order valence-corrected chi connectivity index (χ3v) is 4.46. The molecule has 0 saturated heterocycles. The minimum Gasteiger partial charge on any atom is -0.465 e. The lowest BCUT2D eigenvalue weighted by Gasteiger charge is -2.26. The van der Waals surface area contributed by atoms with Gasteiger partial charge in [-0.3, -0.25) is 4.79 Å². The Labute approximate surface area is 156 Å². The van der Waals surface area contributed by atoms with E-state index in [9.17, 15) is 14.9 Å². The summed E-state index contributed by atoms with van der Waals surface area (Å²) in [7, 11) is 1.30. The van der Waals surface area contributed by atoms with Gasteiger partial charge in [-0.05, 0) is 24.1 Å². The first kappa shape index (κ1) is 18.3. The Balaban J connectivity index is 2.15. The SMILES string of the molecule is CCCc1cc2c(c(=O)[nH]1)C(c1ccc(C(=O)OC)cc1)C(C#N)=C(N)O2. The van der Waals surface area contributed by atoms with Gasteiger partial charge in [-0.2, -0.15) is 5.26 Å². The summed E-state index contributed by atoms with van der Waals surface area (Å²) in [5, 5.41) is 9.58. The smallest absolute Gasteiger partial charge is 0.337 e. The molecule has 1 atom stereocenters. The number of methoxy groups -OCH3 is 1. The summed E-state index contributed by atoms with van der Waals surface area (Å²) in [4.78, 5) is 27.2. The highest BCUT2D eigenvalue weighted by Crippen LogP contribution is 2.40. The van der Waals surface area contributed by atoms with E-state index in [1.807, 2.05) is 13.0 Å². The lowest BCUT2D eigenvalue weighted by Crippen LogP contribution is -2.28. The van der Waals surface area contributed by atoms with Crippen LogP contribution in [0.15, 0.2) is 46.6 Å².